The van der Waals surface area contributed by atoms with E-state index in [0.29, 0.717) is 0 Å². The van der Waals surface area contributed by atoms with E-state index in [2.05, 4.69) is 14.8 Å². The molecule has 2 aromatic heterocycles. The highest BCUT2D eigenvalue weighted by Crippen LogP contribution is 2.41. The lowest BCUT2D eigenvalue weighted by atomic mass is 9.97. The number of fused-ring (bicyclic) bond motifs is 5. The predicted molar refractivity (Wildman–Crippen MR) is 119 cm³/mol. The van der Waals surface area contributed by atoms with E-state index in [9.17, 15) is 0 Å². The van der Waals surface area contributed by atoms with Gasteiger partial charge in [-0.1, -0.05) is 0 Å². The molecule has 0 saturated carbocycles. The van der Waals surface area contributed by atoms with Crippen molar-refractivity contribution in [3.63, 3.8) is 0 Å². The van der Waals surface area contributed by atoms with E-state index in [1.807, 2.05) is 0 Å². The number of nitriles is 3. The van der Waals surface area contributed by atoms with Gasteiger partial charge in [0.15, 0.2) is 51.4 Å². The summed E-state index contributed by atoms with van der Waals surface area (Å²) in [6.45, 7) is 7.07. The highest BCUT2D eigenvalue weighted by molar-refractivity contribution is 6.16. The van der Waals surface area contributed by atoms with Gasteiger partial charge in [-0.15, -0.1) is 0 Å². The first kappa shape index (κ1) is 24.1. The van der Waals surface area contributed by atoms with Gasteiger partial charge in [0.25, 0.3) is 0 Å². The van der Waals surface area contributed by atoms with Gasteiger partial charge in [-0.3, -0.25) is 0 Å². The fourth-order valence-corrected chi connectivity index (χ4v) is 4.50. The molecule has 0 radical (unpaired) electrons. The van der Waals surface area contributed by atoms with E-state index in [0.717, 1.165) is 23.2 Å². The van der Waals surface area contributed by atoms with Crippen LogP contribution in [0, 0.1) is 75.5 Å². The van der Waals surface area contributed by atoms with Crippen molar-refractivity contribution < 1.29 is 26.3 Å². The molecule has 0 atom stereocenters. The molecular weight excluding hydrogens is 514 g/mol. The molecule has 0 aliphatic rings. The Morgan fingerprint density at radius 2 is 1.08 bits per heavy atom. The Balaban J connectivity index is 2.21. The van der Waals surface area contributed by atoms with Crippen LogP contribution in [0.5, 0.6) is 0 Å². The van der Waals surface area contributed by atoms with E-state index in [4.69, 9.17) is 22.4 Å². The van der Waals surface area contributed by atoms with Crippen LogP contribution < -0.4 is 11.0 Å². The summed E-state index contributed by atoms with van der Waals surface area (Å²) in [7, 11) is 2.20. The molecule has 38 heavy (non-hydrogen) atoms. The van der Waals surface area contributed by atoms with Crippen molar-refractivity contribution >= 4 is 54.9 Å². The summed E-state index contributed by atoms with van der Waals surface area (Å²) in [6.07, 6.45) is 0. The van der Waals surface area contributed by atoms with Crippen molar-refractivity contribution in [2.75, 3.05) is 0 Å². The van der Waals surface area contributed by atoms with Crippen molar-refractivity contribution in [2.24, 2.45) is 14.1 Å². The Kier molecular flexibility index (Phi) is 5.05. The molecule has 3 aromatic carbocycles. The van der Waals surface area contributed by atoms with Gasteiger partial charge in [0.05, 0.1) is 23.4 Å². The van der Waals surface area contributed by atoms with Crippen LogP contribution >= 0.6 is 0 Å². The number of aryl methyl sites for hydroxylation is 2. The third kappa shape index (κ3) is 2.71. The van der Waals surface area contributed by atoms with Crippen LogP contribution in [0.3, 0.4) is 0 Å². The van der Waals surface area contributed by atoms with E-state index in [1.165, 1.54) is 18.2 Å². The number of halogens is 6. The normalized spacial score (nSPS) is 12.0. The number of benzene rings is 3. The molecule has 0 bridgehead atoms. The van der Waals surface area contributed by atoms with Crippen LogP contribution in [-0.4, -0.2) is 19.1 Å². The lowest BCUT2D eigenvalue weighted by Gasteiger charge is -2.13. The van der Waals surface area contributed by atoms with Crippen LogP contribution in [-0.2, 0) is 14.1 Å². The highest BCUT2D eigenvalue weighted by atomic mass is 19.2. The smallest absolute Gasteiger partial charge is 0.303 e. The van der Waals surface area contributed by atoms with Gasteiger partial charge in [0, 0.05) is 24.9 Å². The van der Waals surface area contributed by atoms with Crippen LogP contribution in [0.15, 0.2) is 0 Å². The van der Waals surface area contributed by atoms with Crippen LogP contribution in [0.1, 0.15) is 0 Å². The second-order valence-corrected chi connectivity index (χ2v) is 7.94. The molecule has 5 rings (SSSR count). The second kappa shape index (κ2) is 7.95. The number of nitrogens with zero attached hydrogens (tertiary/aromatic N) is 8. The number of imidazole rings is 2. The molecule has 0 aliphatic heterocycles. The van der Waals surface area contributed by atoms with Gasteiger partial charge in [-0.2, -0.15) is 10.5 Å². The van der Waals surface area contributed by atoms with Gasteiger partial charge in [0.2, 0.25) is 0 Å². The molecule has 14 heteroatoms. The fraction of sp³-hybridized carbons (Fsp3) is 0.0833. The molecule has 0 saturated heterocycles. The lowest BCUT2D eigenvalue weighted by molar-refractivity contribution is 0.514. The fourth-order valence-electron chi connectivity index (χ4n) is 4.50. The third-order valence-corrected chi connectivity index (χ3v) is 6.16. The number of aromatic nitrogens is 4. The van der Waals surface area contributed by atoms with Gasteiger partial charge < -0.3 is 9.13 Å². The van der Waals surface area contributed by atoms with Crippen LogP contribution in [0.4, 0.5) is 26.3 Å². The Morgan fingerprint density at radius 1 is 0.658 bits per heavy atom. The summed E-state index contributed by atoms with van der Waals surface area (Å²) in [6, 6.07) is 4.48. The average molecular weight is 520 g/mol. The maximum atomic E-state index is 16.0. The number of rotatable bonds is 0. The van der Waals surface area contributed by atoms with Gasteiger partial charge >= 0.3 is 5.70 Å². The molecule has 0 fully saturated rings. The monoisotopic (exact) mass is 520 g/mol. The minimum absolute atomic E-state index is 0.503. The quantitative estimate of drug-likeness (QED) is 0.177. The summed E-state index contributed by atoms with van der Waals surface area (Å²) in [5.74, 6) is -10.5. The minimum Gasteiger partial charge on any atom is -0.333 e. The molecule has 0 amide bonds. The molecule has 0 unspecified atom stereocenters. The van der Waals surface area contributed by atoms with Gasteiger partial charge in [0.1, 0.15) is 34.2 Å². The topological polar surface area (TPSA) is 111 Å². The molecule has 5 aromatic rings. The van der Waals surface area contributed by atoms with E-state index < -0.39 is 101 Å². The Morgan fingerprint density at radius 3 is 1.47 bits per heavy atom. The maximum absolute atomic E-state index is 16.0. The van der Waals surface area contributed by atoms with E-state index in [1.54, 1.807) is 0 Å². The van der Waals surface area contributed by atoms with Crippen molar-refractivity contribution in [1.82, 2.24) is 19.1 Å². The van der Waals surface area contributed by atoms with Gasteiger partial charge in [-0.05, 0) is 0 Å². The SMILES string of the molecule is [C-]#[N+]/C(C#N)=c1\nc2c(F)c3c(F)c(F)c4c(F)c5nc(=C(C#N)C#N)n(C)c5c(F)c4c3c(F)c2n1C. The molecular formula is C24H6F6N8. The predicted octanol–water partition coefficient (Wildman–Crippen LogP) is 3.35. The lowest BCUT2D eigenvalue weighted by Crippen LogP contribution is -2.18. The standard InChI is InChI=1S/C24H6F6N8/c1-34-8(6-33)24-36-20-16(28)12-10(18(30)22(20)38(24)3)9-11(13(25)14(12)26)15(27)19-21(17(9)29)37(2)23(35-19)7(4-31)5-32/h2-3H3/b24-8+. The highest BCUT2D eigenvalue weighted by Gasteiger charge is 2.32. The zero-order valence-corrected chi connectivity index (χ0v) is 18.8. The Hall–Kier alpha value is -5.60. The number of hydrogen-bond donors (Lipinski definition) is 0. The van der Waals surface area contributed by atoms with Crippen molar-refractivity contribution in [3.8, 4) is 18.2 Å². The van der Waals surface area contributed by atoms with Crippen molar-refractivity contribution in [3.05, 3.63) is 57.3 Å². The molecule has 184 valence electrons. The van der Waals surface area contributed by atoms with Crippen LogP contribution in [0.2, 0.25) is 0 Å². The van der Waals surface area contributed by atoms with E-state index >= 15 is 26.3 Å². The van der Waals surface area contributed by atoms with Gasteiger partial charge in [-0.25, -0.2) is 46.4 Å². The zero-order valence-electron chi connectivity index (χ0n) is 18.8. The Labute approximate surface area is 206 Å². The number of hydrogen-bond acceptors (Lipinski definition) is 5. The largest absolute Gasteiger partial charge is 0.333 e. The molecule has 8 nitrogen and oxygen atoms in total. The molecule has 0 spiro atoms. The van der Waals surface area contributed by atoms with Crippen molar-refractivity contribution in [1.29, 1.82) is 15.8 Å². The summed E-state index contributed by atoms with van der Waals surface area (Å²) in [4.78, 5) is 10.3. The maximum Gasteiger partial charge on any atom is 0.303 e. The first-order chi connectivity index (χ1) is 18.0. The van der Waals surface area contributed by atoms with E-state index in [-0.39, 0.29) is 0 Å². The second-order valence-electron chi connectivity index (χ2n) is 7.94. The summed E-state index contributed by atoms with van der Waals surface area (Å²) >= 11 is 0. The molecule has 0 N–H and O–H groups in total. The first-order valence-corrected chi connectivity index (χ1v) is 10.2. The summed E-state index contributed by atoms with van der Waals surface area (Å²) < 4.78 is 95.1. The average Bonchev–Trinajstić information content (AvgIpc) is 3.42. The Bertz CT molecular complexity index is 2070. The third-order valence-electron chi connectivity index (χ3n) is 6.16. The van der Waals surface area contributed by atoms with Crippen molar-refractivity contribution in [2.45, 2.75) is 0 Å². The molecule has 2 heterocycles. The first-order valence-electron chi connectivity index (χ1n) is 10.2. The molecule has 0 aliphatic carbocycles. The van der Waals surface area contributed by atoms with Crippen LogP contribution in [0.25, 0.3) is 59.7 Å². The zero-order chi connectivity index (χ0) is 27.8. The minimum atomic E-state index is -2.05. The summed E-state index contributed by atoms with van der Waals surface area (Å²) in [5.41, 5.74) is -5.58. The summed E-state index contributed by atoms with van der Waals surface area (Å²) in [5, 5.41) is 22.3.